The second kappa shape index (κ2) is 20.1. The highest BCUT2D eigenvalue weighted by molar-refractivity contribution is 7.11. The minimum atomic E-state index is -0.0636. The number of benzene rings is 1. The molecule has 2 heterocycles. The summed E-state index contributed by atoms with van der Waals surface area (Å²) in [6, 6.07) is 6.40. The molecule has 2 unspecified atom stereocenters. The zero-order chi connectivity index (χ0) is 27.5. The normalized spacial score (nSPS) is 16.3. The highest BCUT2D eigenvalue weighted by Crippen LogP contribution is 2.31. The fraction of sp³-hybridized carbons (Fsp3) is 0.594. The number of rotatable bonds is 11. The van der Waals surface area contributed by atoms with Crippen LogP contribution in [0.15, 0.2) is 37.1 Å². The van der Waals surface area contributed by atoms with Gasteiger partial charge in [0.25, 0.3) is 0 Å². The maximum Gasteiger partial charge on any atom is 0.119 e. The predicted molar refractivity (Wildman–Crippen MR) is 158 cm³/mol. The van der Waals surface area contributed by atoms with Crippen molar-refractivity contribution < 1.29 is 14.2 Å². The van der Waals surface area contributed by atoms with Crippen molar-refractivity contribution in [3.05, 3.63) is 63.6 Å². The molecule has 2 aromatic rings. The molecule has 0 spiro atoms. The SMILES string of the molecule is C#CC(c1cnc(COCCOCC[C@H](C)C=C)s1)c1cc(C)ccc1C.CC1CCCCO1.CCC. The summed E-state index contributed by atoms with van der Waals surface area (Å²) >= 11 is 1.62. The van der Waals surface area contributed by atoms with Crippen molar-refractivity contribution in [2.45, 2.75) is 92.3 Å². The molecule has 5 heteroatoms. The number of aromatic nitrogens is 1. The van der Waals surface area contributed by atoms with E-state index in [0.717, 1.165) is 29.5 Å². The van der Waals surface area contributed by atoms with Gasteiger partial charge in [-0.1, -0.05) is 63.0 Å². The number of hydrogen-bond donors (Lipinski definition) is 0. The van der Waals surface area contributed by atoms with Gasteiger partial charge in [-0.2, -0.15) is 0 Å². The standard InChI is InChI=1S/C23H29NO2S.C6H12O.C3H8/c1-6-17(3)10-11-25-12-13-26-16-23-24-15-22(27-23)20(7-2)21-14-18(4)8-9-19(21)5;1-6-4-2-3-5-7-6;1-3-2/h2,6,8-9,14-15,17,20H,1,10-13,16H2,3-5H3;6H,2-5H2,1H3;3H2,1-2H3/t17-,20?;;/m1../s1. The van der Waals surface area contributed by atoms with Crippen LogP contribution >= 0.6 is 11.3 Å². The zero-order valence-electron chi connectivity index (χ0n) is 24.1. The van der Waals surface area contributed by atoms with Crippen molar-refractivity contribution >= 4 is 11.3 Å². The van der Waals surface area contributed by atoms with Crippen molar-refractivity contribution in [3.8, 4) is 12.3 Å². The van der Waals surface area contributed by atoms with Crippen LogP contribution in [0, 0.1) is 32.1 Å². The minimum absolute atomic E-state index is 0.0636. The molecular weight excluding hydrogens is 478 g/mol. The van der Waals surface area contributed by atoms with Crippen molar-refractivity contribution in [2.75, 3.05) is 26.4 Å². The number of nitrogens with zero attached hydrogens (tertiary/aromatic N) is 1. The lowest BCUT2D eigenvalue weighted by Gasteiger charge is -2.17. The molecule has 1 aromatic heterocycles. The lowest BCUT2D eigenvalue weighted by atomic mass is 9.93. The molecule has 0 amide bonds. The number of thiazole rings is 1. The third-order valence-corrected chi connectivity index (χ3v) is 6.93. The molecule has 0 radical (unpaired) electrons. The molecule has 1 saturated heterocycles. The molecule has 3 rings (SSSR count). The fourth-order valence-corrected chi connectivity index (χ4v) is 4.53. The van der Waals surface area contributed by atoms with Crippen LogP contribution in [-0.2, 0) is 20.8 Å². The van der Waals surface area contributed by atoms with Gasteiger partial charge in [0.05, 0.1) is 31.8 Å². The smallest absolute Gasteiger partial charge is 0.119 e. The topological polar surface area (TPSA) is 40.6 Å². The molecule has 1 aromatic carbocycles. The minimum Gasteiger partial charge on any atom is -0.379 e. The van der Waals surface area contributed by atoms with E-state index in [0.29, 0.717) is 31.8 Å². The van der Waals surface area contributed by atoms with Crippen LogP contribution in [0.4, 0.5) is 0 Å². The molecule has 0 bridgehead atoms. The first-order valence-electron chi connectivity index (χ1n) is 13.7. The Morgan fingerprint density at radius 1 is 1.22 bits per heavy atom. The lowest BCUT2D eigenvalue weighted by Crippen LogP contribution is -2.14. The number of terminal acetylenes is 1. The second-order valence-corrected chi connectivity index (χ2v) is 10.8. The van der Waals surface area contributed by atoms with Crippen molar-refractivity contribution in [2.24, 2.45) is 5.92 Å². The summed E-state index contributed by atoms with van der Waals surface area (Å²) in [6.45, 7) is 19.8. The Bertz CT molecular complexity index is 911. The summed E-state index contributed by atoms with van der Waals surface area (Å²) in [4.78, 5) is 5.56. The summed E-state index contributed by atoms with van der Waals surface area (Å²) in [5, 5.41) is 0.941. The van der Waals surface area contributed by atoms with Crippen LogP contribution in [-0.4, -0.2) is 37.5 Å². The van der Waals surface area contributed by atoms with E-state index in [2.05, 4.69) is 77.2 Å². The van der Waals surface area contributed by atoms with E-state index >= 15 is 0 Å². The summed E-state index contributed by atoms with van der Waals surface area (Å²) < 4.78 is 16.5. The summed E-state index contributed by atoms with van der Waals surface area (Å²) in [7, 11) is 0. The van der Waals surface area contributed by atoms with Gasteiger partial charge in [-0.15, -0.1) is 24.3 Å². The van der Waals surface area contributed by atoms with Crippen LogP contribution in [0.3, 0.4) is 0 Å². The number of hydrogen-bond acceptors (Lipinski definition) is 5. The van der Waals surface area contributed by atoms with Crippen LogP contribution in [0.2, 0.25) is 0 Å². The van der Waals surface area contributed by atoms with Gasteiger partial charge in [0.2, 0.25) is 0 Å². The van der Waals surface area contributed by atoms with E-state index in [9.17, 15) is 0 Å². The molecule has 1 aliphatic heterocycles. The zero-order valence-corrected chi connectivity index (χ0v) is 24.9. The van der Waals surface area contributed by atoms with Gasteiger partial charge in [-0.05, 0) is 63.5 Å². The highest BCUT2D eigenvalue weighted by atomic mass is 32.1. The van der Waals surface area contributed by atoms with Crippen LogP contribution in [0.1, 0.15) is 92.3 Å². The monoisotopic (exact) mass is 527 g/mol. The number of aryl methyl sites for hydroxylation is 2. The Morgan fingerprint density at radius 2 is 1.95 bits per heavy atom. The second-order valence-electron chi connectivity index (χ2n) is 9.67. The Morgan fingerprint density at radius 3 is 2.54 bits per heavy atom. The van der Waals surface area contributed by atoms with E-state index in [-0.39, 0.29) is 5.92 Å². The maximum atomic E-state index is 5.84. The Labute approximate surface area is 230 Å². The van der Waals surface area contributed by atoms with Crippen LogP contribution < -0.4 is 0 Å². The van der Waals surface area contributed by atoms with Crippen molar-refractivity contribution in [1.29, 1.82) is 0 Å². The molecule has 1 fully saturated rings. The Hall–Kier alpha value is -1.97. The Balaban J connectivity index is 0.000000572. The van der Waals surface area contributed by atoms with Gasteiger partial charge >= 0.3 is 0 Å². The van der Waals surface area contributed by atoms with E-state index in [1.165, 1.54) is 42.4 Å². The number of ether oxygens (including phenoxy) is 3. The third kappa shape index (κ3) is 13.9. The molecule has 4 nitrogen and oxygen atoms in total. The molecule has 0 aliphatic carbocycles. The maximum absolute atomic E-state index is 5.84. The quantitative estimate of drug-likeness (QED) is 0.167. The Kier molecular flexibility index (Phi) is 17.9. The first kappa shape index (κ1) is 33.1. The average molecular weight is 528 g/mol. The molecule has 0 N–H and O–H groups in total. The van der Waals surface area contributed by atoms with E-state index in [1.807, 2.05) is 12.3 Å². The lowest BCUT2D eigenvalue weighted by molar-refractivity contribution is 0.0285. The van der Waals surface area contributed by atoms with Gasteiger partial charge in [-0.25, -0.2) is 4.98 Å². The highest BCUT2D eigenvalue weighted by Gasteiger charge is 2.17. The predicted octanol–water partition coefficient (Wildman–Crippen LogP) is 8.26. The summed E-state index contributed by atoms with van der Waals surface area (Å²) in [5.41, 5.74) is 3.60. The van der Waals surface area contributed by atoms with E-state index in [1.54, 1.807) is 11.3 Å². The largest absolute Gasteiger partial charge is 0.379 e. The van der Waals surface area contributed by atoms with Gasteiger partial charge in [0.15, 0.2) is 0 Å². The summed E-state index contributed by atoms with van der Waals surface area (Å²) in [6.07, 6.45) is 16.3. The first-order chi connectivity index (χ1) is 17.9. The molecule has 206 valence electrons. The molecule has 1 aliphatic rings. The van der Waals surface area contributed by atoms with E-state index < -0.39 is 0 Å². The van der Waals surface area contributed by atoms with Gasteiger partial charge < -0.3 is 14.2 Å². The van der Waals surface area contributed by atoms with E-state index in [4.69, 9.17) is 20.6 Å². The fourth-order valence-electron chi connectivity index (χ4n) is 3.59. The van der Waals surface area contributed by atoms with Gasteiger partial charge in [0.1, 0.15) is 5.01 Å². The number of allylic oxidation sites excluding steroid dienone is 1. The molecule has 0 saturated carbocycles. The van der Waals surface area contributed by atoms with Crippen LogP contribution in [0.5, 0.6) is 0 Å². The first-order valence-corrected chi connectivity index (χ1v) is 14.5. The van der Waals surface area contributed by atoms with Crippen molar-refractivity contribution in [1.82, 2.24) is 4.98 Å². The molecular formula is C32H49NO3S. The molecule has 3 atom stereocenters. The molecule has 37 heavy (non-hydrogen) atoms. The van der Waals surface area contributed by atoms with Crippen LogP contribution in [0.25, 0.3) is 0 Å². The van der Waals surface area contributed by atoms with Gasteiger partial charge in [0, 0.05) is 24.3 Å². The summed E-state index contributed by atoms with van der Waals surface area (Å²) in [5.74, 6) is 3.35. The average Bonchev–Trinajstić information content (AvgIpc) is 3.35. The third-order valence-electron chi connectivity index (χ3n) is 5.89. The van der Waals surface area contributed by atoms with Gasteiger partial charge in [-0.3, -0.25) is 0 Å². The van der Waals surface area contributed by atoms with Crippen molar-refractivity contribution in [3.63, 3.8) is 0 Å².